The number of hydrogen-bond donors (Lipinski definition) is 0. The Morgan fingerprint density at radius 3 is 2.76 bits per heavy atom. The van der Waals surface area contributed by atoms with Gasteiger partial charge in [0.05, 0.1) is 0 Å². The molecule has 4 atom stereocenters. The number of hydrogen-bond acceptors (Lipinski definition) is 5. The molecule has 5 nitrogen and oxygen atoms in total. The molecule has 5 heteroatoms. The summed E-state index contributed by atoms with van der Waals surface area (Å²) >= 11 is 0. The van der Waals surface area contributed by atoms with Crippen molar-refractivity contribution in [3.63, 3.8) is 0 Å². The maximum atomic E-state index is 10.9. The molecule has 0 spiro atoms. The van der Waals surface area contributed by atoms with Gasteiger partial charge >= 0.3 is 0 Å². The lowest BCUT2D eigenvalue weighted by Crippen LogP contribution is -2.41. The molecular formula is C12H21N3O2. The molecule has 2 rings (SSSR count). The normalized spacial score (nSPS) is 37.7. The van der Waals surface area contributed by atoms with Crippen LogP contribution in [0.25, 0.3) is 0 Å². The first-order valence-electron chi connectivity index (χ1n) is 6.69. The van der Waals surface area contributed by atoms with Gasteiger partial charge in [0.15, 0.2) is 0 Å². The smallest absolute Gasteiger partial charge is 0.134 e. The zero-order valence-corrected chi connectivity index (χ0v) is 10.4. The molecule has 2 heterocycles. The summed E-state index contributed by atoms with van der Waals surface area (Å²) in [4.78, 5) is 23.8. The highest BCUT2D eigenvalue weighted by atomic mass is 16.3. The van der Waals surface area contributed by atoms with E-state index in [2.05, 4.69) is 22.2 Å². The van der Waals surface area contributed by atoms with Crippen molar-refractivity contribution in [3.8, 4) is 0 Å². The minimum atomic E-state index is -0.414. The molecule has 0 aromatic heterocycles. The summed E-state index contributed by atoms with van der Waals surface area (Å²) in [6.45, 7) is 3.83. The van der Waals surface area contributed by atoms with Gasteiger partial charge in [-0.05, 0) is 25.3 Å². The van der Waals surface area contributed by atoms with Crippen LogP contribution >= 0.6 is 0 Å². The van der Waals surface area contributed by atoms with E-state index in [1.54, 1.807) is 0 Å². The van der Waals surface area contributed by atoms with Gasteiger partial charge in [0.25, 0.3) is 0 Å². The summed E-state index contributed by atoms with van der Waals surface area (Å²) in [6.07, 6.45) is 5.92. The van der Waals surface area contributed by atoms with Crippen molar-refractivity contribution in [2.24, 2.45) is 16.3 Å². The molecule has 0 aromatic carbocycles. The number of piperidine rings is 1. The molecular weight excluding hydrogens is 218 g/mol. The lowest BCUT2D eigenvalue weighted by atomic mass is 9.86. The maximum absolute atomic E-state index is 10.9. The van der Waals surface area contributed by atoms with Crippen molar-refractivity contribution < 1.29 is 0 Å². The Morgan fingerprint density at radius 1 is 1.29 bits per heavy atom. The predicted octanol–water partition coefficient (Wildman–Crippen LogP) is 2.54. The van der Waals surface area contributed by atoms with Crippen molar-refractivity contribution in [3.05, 3.63) is 9.81 Å². The van der Waals surface area contributed by atoms with Gasteiger partial charge < -0.3 is 0 Å². The molecule has 2 aliphatic heterocycles. The minimum absolute atomic E-state index is 0.172. The average molecular weight is 239 g/mol. The fraction of sp³-hybridized carbons (Fsp3) is 1.00. The van der Waals surface area contributed by atoms with Gasteiger partial charge in [-0.15, -0.1) is 0 Å². The lowest BCUT2D eigenvalue weighted by molar-refractivity contribution is 0.139. The van der Waals surface area contributed by atoms with Crippen molar-refractivity contribution >= 4 is 0 Å². The van der Waals surface area contributed by atoms with E-state index in [9.17, 15) is 9.81 Å². The molecule has 17 heavy (non-hydrogen) atoms. The largest absolute Gasteiger partial charge is 0.296 e. The van der Waals surface area contributed by atoms with Crippen molar-refractivity contribution in [1.29, 1.82) is 0 Å². The first-order valence-corrected chi connectivity index (χ1v) is 6.69. The van der Waals surface area contributed by atoms with Crippen molar-refractivity contribution in [1.82, 2.24) is 4.90 Å². The number of nitroso groups, excluding NO2 is 2. The Bertz CT molecular complexity index is 285. The number of unbranched alkanes of at least 4 members (excludes halogenated alkanes) is 1. The number of nitrogens with zero attached hydrogens (tertiary/aromatic N) is 3. The predicted molar refractivity (Wildman–Crippen MR) is 66.8 cm³/mol. The molecule has 0 aromatic rings. The fourth-order valence-corrected chi connectivity index (χ4v) is 3.30. The highest BCUT2D eigenvalue weighted by molar-refractivity contribution is 5.04. The monoisotopic (exact) mass is 239 g/mol. The molecule has 0 N–H and O–H groups in total. The molecule has 2 aliphatic rings. The van der Waals surface area contributed by atoms with E-state index in [0.29, 0.717) is 12.5 Å². The van der Waals surface area contributed by atoms with E-state index in [4.69, 9.17) is 0 Å². The number of rotatable bonds is 5. The van der Waals surface area contributed by atoms with Crippen LogP contribution in [0.15, 0.2) is 10.4 Å². The van der Waals surface area contributed by atoms with Crippen LogP contribution < -0.4 is 0 Å². The molecule has 0 radical (unpaired) electrons. The van der Waals surface area contributed by atoms with Gasteiger partial charge in [0, 0.05) is 12.6 Å². The second-order valence-corrected chi connectivity index (χ2v) is 5.36. The van der Waals surface area contributed by atoms with Crippen LogP contribution in [0.4, 0.5) is 0 Å². The Hall–Kier alpha value is -0.840. The van der Waals surface area contributed by atoms with Crippen molar-refractivity contribution in [2.75, 3.05) is 13.1 Å². The SMILES string of the molecule is CCCCC1CCN2CC(N=O)C(N=O)C2C1. The van der Waals surface area contributed by atoms with Gasteiger partial charge in [0.2, 0.25) is 0 Å². The van der Waals surface area contributed by atoms with Gasteiger partial charge in [-0.1, -0.05) is 36.5 Å². The van der Waals surface area contributed by atoms with Crippen LogP contribution in [-0.2, 0) is 0 Å². The van der Waals surface area contributed by atoms with E-state index in [1.165, 1.54) is 25.7 Å². The van der Waals surface area contributed by atoms with E-state index in [-0.39, 0.29) is 6.04 Å². The highest BCUT2D eigenvalue weighted by Crippen LogP contribution is 2.35. The number of fused-ring (bicyclic) bond motifs is 1. The van der Waals surface area contributed by atoms with Gasteiger partial charge in [-0.2, -0.15) is 9.81 Å². The Kier molecular flexibility index (Phi) is 4.20. The minimum Gasteiger partial charge on any atom is -0.296 e. The molecule has 0 bridgehead atoms. The zero-order chi connectivity index (χ0) is 12.3. The molecule has 4 unspecified atom stereocenters. The van der Waals surface area contributed by atoms with Crippen LogP contribution in [0, 0.1) is 15.7 Å². The third-order valence-electron chi connectivity index (χ3n) is 4.30. The summed E-state index contributed by atoms with van der Waals surface area (Å²) in [5.74, 6) is 0.700. The third-order valence-corrected chi connectivity index (χ3v) is 4.30. The first-order chi connectivity index (χ1) is 8.30. The van der Waals surface area contributed by atoms with Crippen LogP contribution in [0.2, 0.25) is 0 Å². The fourth-order valence-electron chi connectivity index (χ4n) is 3.30. The van der Waals surface area contributed by atoms with Crippen LogP contribution in [0.3, 0.4) is 0 Å². The summed E-state index contributed by atoms with van der Waals surface area (Å²) in [6, 6.07) is -0.648. The van der Waals surface area contributed by atoms with Crippen molar-refractivity contribution in [2.45, 2.75) is 57.2 Å². The maximum Gasteiger partial charge on any atom is 0.134 e. The van der Waals surface area contributed by atoms with E-state index < -0.39 is 12.1 Å². The lowest BCUT2D eigenvalue weighted by Gasteiger charge is -2.35. The quantitative estimate of drug-likeness (QED) is 0.692. The standard InChI is InChI=1S/C12H21N3O2/c1-2-3-4-9-5-6-15-8-10(13-16)12(14-17)11(15)7-9/h9-12H,2-8H2,1H3. The van der Waals surface area contributed by atoms with Gasteiger partial charge in [-0.25, -0.2) is 0 Å². The Labute approximate surface area is 102 Å². The molecule has 2 saturated heterocycles. The summed E-state index contributed by atoms with van der Waals surface area (Å²) in [5.41, 5.74) is 0. The Morgan fingerprint density at radius 2 is 2.12 bits per heavy atom. The topological polar surface area (TPSA) is 62.1 Å². The Balaban J connectivity index is 1.97. The van der Waals surface area contributed by atoms with Crippen LogP contribution in [-0.4, -0.2) is 36.1 Å². The van der Waals surface area contributed by atoms with Crippen LogP contribution in [0.5, 0.6) is 0 Å². The van der Waals surface area contributed by atoms with E-state index in [0.717, 1.165) is 13.0 Å². The molecule has 2 fully saturated rings. The van der Waals surface area contributed by atoms with E-state index in [1.807, 2.05) is 0 Å². The summed E-state index contributed by atoms with van der Waals surface area (Å²) in [7, 11) is 0. The molecule has 0 amide bonds. The first kappa shape index (κ1) is 12.6. The van der Waals surface area contributed by atoms with Crippen LogP contribution in [0.1, 0.15) is 39.0 Å². The van der Waals surface area contributed by atoms with Gasteiger partial charge in [0.1, 0.15) is 12.1 Å². The second kappa shape index (κ2) is 5.67. The van der Waals surface area contributed by atoms with Gasteiger partial charge in [-0.3, -0.25) is 4.90 Å². The average Bonchev–Trinajstić information content (AvgIpc) is 2.72. The summed E-state index contributed by atoms with van der Waals surface area (Å²) in [5, 5.41) is 6.22. The molecule has 0 saturated carbocycles. The van der Waals surface area contributed by atoms with E-state index >= 15 is 0 Å². The third kappa shape index (κ3) is 2.54. The zero-order valence-electron chi connectivity index (χ0n) is 10.4. The molecule has 96 valence electrons. The molecule has 0 aliphatic carbocycles. The summed E-state index contributed by atoms with van der Waals surface area (Å²) < 4.78 is 0. The highest BCUT2D eigenvalue weighted by Gasteiger charge is 2.46. The second-order valence-electron chi connectivity index (χ2n) is 5.36.